The molecule has 36 heavy (non-hydrogen) atoms. The number of piperidine rings is 1. The predicted molar refractivity (Wildman–Crippen MR) is 143 cm³/mol. The highest BCUT2D eigenvalue weighted by Gasteiger charge is 2.28. The van der Waals surface area contributed by atoms with Gasteiger partial charge in [-0.25, -0.2) is 0 Å². The molecule has 1 saturated carbocycles. The van der Waals surface area contributed by atoms with Crippen molar-refractivity contribution in [2.75, 3.05) is 52.4 Å². The first-order valence-electron chi connectivity index (χ1n) is 14.0. The Balaban J connectivity index is 1.08. The Morgan fingerprint density at radius 2 is 1.61 bits per heavy atom. The molecule has 1 aromatic rings. The average Bonchev–Trinajstić information content (AvgIpc) is 2.94. The average molecular weight is 488 g/mol. The normalized spacial score (nSPS) is 22.9. The molecule has 0 atom stereocenters. The van der Waals surface area contributed by atoms with Crippen LogP contribution < -0.4 is 0 Å². The van der Waals surface area contributed by atoms with Crippen molar-refractivity contribution in [1.82, 2.24) is 19.6 Å². The number of piperazine rings is 1. The van der Waals surface area contributed by atoms with E-state index in [2.05, 4.69) is 50.1 Å². The summed E-state index contributed by atoms with van der Waals surface area (Å²) in [5, 5.41) is 9.00. The third-order valence-electron chi connectivity index (χ3n) is 8.58. The van der Waals surface area contributed by atoms with Crippen molar-refractivity contribution in [2.24, 2.45) is 5.92 Å². The van der Waals surface area contributed by atoms with Gasteiger partial charge in [0.1, 0.15) is 0 Å². The van der Waals surface area contributed by atoms with E-state index in [4.69, 9.17) is 5.26 Å². The molecule has 0 N–H and O–H groups in total. The lowest BCUT2D eigenvalue weighted by molar-refractivity contribution is -0.128. The summed E-state index contributed by atoms with van der Waals surface area (Å²) in [7, 11) is 0. The number of hydrogen-bond donors (Lipinski definition) is 0. The molecular weight excluding hydrogens is 446 g/mol. The minimum atomic E-state index is 0.200. The van der Waals surface area contributed by atoms with Gasteiger partial charge in [0.2, 0.25) is 0 Å². The summed E-state index contributed by atoms with van der Waals surface area (Å²) in [5.41, 5.74) is 2.83. The molecule has 1 aliphatic carbocycles. The quantitative estimate of drug-likeness (QED) is 0.607. The van der Waals surface area contributed by atoms with Crippen LogP contribution in [0.3, 0.4) is 0 Å². The molecule has 3 aliphatic heterocycles. The molecule has 3 heterocycles. The third-order valence-corrected chi connectivity index (χ3v) is 8.58. The molecule has 1 aromatic carbocycles. The molecule has 0 spiro atoms. The molecule has 3 fully saturated rings. The molecule has 0 bridgehead atoms. The number of likely N-dealkylation sites (tertiary alicyclic amines) is 1. The largest absolute Gasteiger partial charge is 0.370 e. The monoisotopic (exact) mass is 487 g/mol. The highest BCUT2D eigenvalue weighted by molar-refractivity contribution is 5.96. The summed E-state index contributed by atoms with van der Waals surface area (Å²) in [6.07, 6.45) is 15.6. The minimum Gasteiger partial charge on any atom is -0.370 e. The molecule has 0 unspecified atom stereocenters. The molecule has 0 aromatic heterocycles. The summed E-state index contributed by atoms with van der Waals surface area (Å²) in [6, 6.07) is 10.6. The van der Waals surface area contributed by atoms with Gasteiger partial charge in [0.05, 0.1) is 17.2 Å². The van der Waals surface area contributed by atoms with Crippen molar-refractivity contribution in [1.29, 1.82) is 5.26 Å². The van der Waals surface area contributed by atoms with E-state index in [1.807, 2.05) is 18.2 Å². The molecule has 1 amide bonds. The van der Waals surface area contributed by atoms with E-state index in [0.29, 0.717) is 11.6 Å². The van der Waals surface area contributed by atoms with Gasteiger partial charge in [0.15, 0.2) is 0 Å². The summed E-state index contributed by atoms with van der Waals surface area (Å²) in [6.45, 7) is 8.91. The Morgan fingerprint density at radius 3 is 2.31 bits per heavy atom. The fourth-order valence-electron chi connectivity index (χ4n) is 6.36. The summed E-state index contributed by atoms with van der Waals surface area (Å²) < 4.78 is 0. The third kappa shape index (κ3) is 6.38. The van der Waals surface area contributed by atoms with Crippen molar-refractivity contribution in [3.63, 3.8) is 0 Å². The first-order chi connectivity index (χ1) is 17.7. The topological polar surface area (TPSA) is 53.8 Å². The maximum Gasteiger partial charge on any atom is 0.255 e. The SMILES string of the molecule is N#Cc1ccc(CN2CCC(N3C=C(C(=O)N4CCN(CC5CCCCC5)CC4)C=CC3)CC2)cc1. The number of carbonyl (C=O) groups is 1. The fraction of sp³-hybridized carbons (Fsp3) is 0.600. The minimum absolute atomic E-state index is 0.200. The number of carbonyl (C=O) groups excluding carboxylic acids is 1. The van der Waals surface area contributed by atoms with Crippen LogP contribution in [0.4, 0.5) is 0 Å². The van der Waals surface area contributed by atoms with E-state index in [9.17, 15) is 4.79 Å². The standard InChI is InChI=1S/C30H41N5O/c31-21-25-8-10-27(11-9-25)23-32-15-12-29(13-16-32)35-14-4-7-28(24-35)30(36)34-19-17-33(18-20-34)22-26-5-2-1-3-6-26/h4,7-11,24,26,29H,1-3,5-6,12-20,22-23H2. The molecule has 4 aliphatic rings. The summed E-state index contributed by atoms with van der Waals surface area (Å²) in [4.78, 5) is 22.9. The second-order valence-corrected chi connectivity index (χ2v) is 11.1. The van der Waals surface area contributed by atoms with E-state index in [1.165, 1.54) is 44.2 Å². The van der Waals surface area contributed by atoms with Gasteiger partial charge in [-0.05, 0) is 49.3 Å². The number of nitrogens with zero attached hydrogens (tertiary/aromatic N) is 5. The van der Waals surface area contributed by atoms with Crippen LogP contribution in [0.15, 0.2) is 48.2 Å². The Morgan fingerprint density at radius 1 is 0.889 bits per heavy atom. The van der Waals surface area contributed by atoms with Gasteiger partial charge < -0.3 is 9.80 Å². The molecule has 6 heteroatoms. The number of benzene rings is 1. The first-order valence-corrected chi connectivity index (χ1v) is 14.0. The summed E-state index contributed by atoms with van der Waals surface area (Å²) in [5.74, 6) is 1.07. The van der Waals surface area contributed by atoms with E-state index in [1.54, 1.807) is 0 Å². The van der Waals surface area contributed by atoms with Crippen LogP contribution in [0.25, 0.3) is 0 Å². The Labute approximate surface area is 216 Å². The van der Waals surface area contributed by atoms with E-state index in [0.717, 1.165) is 76.7 Å². The zero-order valence-corrected chi connectivity index (χ0v) is 21.7. The van der Waals surface area contributed by atoms with Crippen LogP contribution in [0.2, 0.25) is 0 Å². The number of hydrogen-bond acceptors (Lipinski definition) is 5. The Bertz CT molecular complexity index is 972. The maximum atomic E-state index is 13.3. The number of amides is 1. The highest BCUT2D eigenvalue weighted by Crippen LogP contribution is 2.26. The van der Waals surface area contributed by atoms with E-state index >= 15 is 0 Å². The van der Waals surface area contributed by atoms with Crippen molar-refractivity contribution in [3.05, 3.63) is 59.3 Å². The van der Waals surface area contributed by atoms with Crippen LogP contribution in [0.1, 0.15) is 56.1 Å². The van der Waals surface area contributed by atoms with Crippen molar-refractivity contribution in [2.45, 2.75) is 57.5 Å². The number of rotatable bonds is 6. The van der Waals surface area contributed by atoms with Crippen molar-refractivity contribution < 1.29 is 4.79 Å². The molecule has 192 valence electrons. The van der Waals surface area contributed by atoms with Gasteiger partial charge in [-0.1, -0.05) is 43.5 Å². The Kier molecular flexibility index (Phi) is 8.40. The van der Waals surface area contributed by atoms with Gasteiger partial charge in [-0.2, -0.15) is 5.26 Å². The second-order valence-electron chi connectivity index (χ2n) is 11.1. The van der Waals surface area contributed by atoms with Crippen LogP contribution in [0.5, 0.6) is 0 Å². The van der Waals surface area contributed by atoms with Gasteiger partial charge in [-0.15, -0.1) is 0 Å². The molecule has 5 rings (SSSR count). The molecule has 0 radical (unpaired) electrons. The lowest BCUT2D eigenvalue weighted by atomic mass is 9.89. The van der Waals surface area contributed by atoms with Gasteiger partial charge >= 0.3 is 0 Å². The zero-order chi connectivity index (χ0) is 24.7. The second kappa shape index (κ2) is 12.1. The first kappa shape index (κ1) is 25.0. The zero-order valence-electron chi connectivity index (χ0n) is 21.7. The lowest BCUT2D eigenvalue weighted by Crippen LogP contribution is -2.50. The van der Waals surface area contributed by atoms with E-state index in [-0.39, 0.29) is 5.91 Å². The lowest BCUT2D eigenvalue weighted by Gasteiger charge is -2.40. The van der Waals surface area contributed by atoms with Gasteiger partial charge in [-0.3, -0.25) is 14.6 Å². The van der Waals surface area contributed by atoms with Gasteiger partial charge in [0, 0.05) is 71.1 Å². The Hall–Kier alpha value is -2.62. The maximum absolute atomic E-state index is 13.3. The number of nitriles is 1. The van der Waals surface area contributed by atoms with Crippen molar-refractivity contribution in [3.8, 4) is 6.07 Å². The molecule has 6 nitrogen and oxygen atoms in total. The van der Waals surface area contributed by atoms with Crippen LogP contribution in [-0.4, -0.2) is 83.9 Å². The van der Waals surface area contributed by atoms with Gasteiger partial charge in [0.25, 0.3) is 5.91 Å². The van der Waals surface area contributed by atoms with Crippen molar-refractivity contribution >= 4 is 5.91 Å². The highest BCUT2D eigenvalue weighted by atomic mass is 16.2. The molecule has 2 saturated heterocycles. The smallest absolute Gasteiger partial charge is 0.255 e. The molecular formula is C30H41N5O. The fourth-order valence-corrected chi connectivity index (χ4v) is 6.36. The van der Waals surface area contributed by atoms with E-state index < -0.39 is 0 Å². The summed E-state index contributed by atoms with van der Waals surface area (Å²) >= 11 is 0. The predicted octanol–water partition coefficient (Wildman–Crippen LogP) is 4.00. The van der Waals surface area contributed by atoms with Crippen LogP contribution in [0, 0.1) is 17.2 Å². The van der Waals surface area contributed by atoms with Crippen LogP contribution in [-0.2, 0) is 11.3 Å². The van der Waals surface area contributed by atoms with Crippen LogP contribution >= 0.6 is 0 Å².